The van der Waals surface area contributed by atoms with Gasteiger partial charge in [-0.3, -0.25) is 14.6 Å². The van der Waals surface area contributed by atoms with Crippen molar-refractivity contribution in [2.24, 2.45) is 0 Å². The van der Waals surface area contributed by atoms with Crippen LogP contribution in [0.15, 0.2) is 34.2 Å². The second kappa shape index (κ2) is 7.04. The van der Waals surface area contributed by atoms with Gasteiger partial charge in [-0.05, 0) is 26.0 Å². The minimum absolute atomic E-state index is 0.109. The van der Waals surface area contributed by atoms with Crippen LogP contribution in [0.25, 0.3) is 0 Å². The molecule has 1 aromatic heterocycles. The molecule has 128 valence electrons. The Morgan fingerprint density at radius 1 is 1.29 bits per heavy atom. The van der Waals surface area contributed by atoms with Crippen LogP contribution < -0.4 is 10.9 Å². The van der Waals surface area contributed by atoms with Gasteiger partial charge in [0.25, 0.3) is 5.56 Å². The highest BCUT2D eigenvalue weighted by Gasteiger charge is 2.33. The molecule has 1 atom stereocenters. The van der Waals surface area contributed by atoms with Crippen molar-refractivity contribution in [3.8, 4) is 0 Å². The highest BCUT2D eigenvalue weighted by atomic mass is 32.2. The van der Waals surface area contributed by atoms with E-state index in [1.807, 2.05) is 0 Å². The quantitative estimate of drug-likeness (QED) is 0.821. The lowest BCUT2D eigenvalue weighted by molar-refractivity contribution is -0.137. The summed E-state index contributed by atoms with van der Waals surface area (Å²) >= 11 is 0.885. The average molecular weight is 358 g/mol. The molecular weight excluding hydrogens is 345 g/mol. The molecule has 2 N–H and O–H groups in total. The molecule has 0 saturated heterocycles. The molecule has 24 heavy (non-hydrogen) atoms. The number of rotatable bonds is 4. The Kier molecular flexibility index (Phi) is 5.27. The number of amides is 1. The van der Waals surface area contributed by atoms with Crippen molar-refractivity contribution in [2.45, 2.75) is 30.4 Å². The van der Waals surface area contributed by atoms with Crippen LogP contribution >= 0.6 is 11.8 Å². The lowest BCUT2D eigenvalue weighted by Crippen LogP contribution is -2.25. The van der Waals surface area contributed by atoms with Gasteiger partial charge in [0.15, 0.2) is 5.16 Å². The van der Waals surface area contributed by atoms with Crippen molar-refractivity contribution < 1.29 is 18.0 Å². The smallest absolute Gasteiger partial charge is 0.325 e. The number of carbonyl (C=O) groups excluding carboxylic acids is 1. The minimum atomic E-state index is -4.58. The van der Waals surface area contributed by atoms with Crippen LogP contribution in [0.1, 0.15) is 18.2 Å². The molecule has 0 radical (unpaired) electrons. The fourth-order valence-electron chi connectivity index (χ4n) is 1.73. The Morgan fingerprint density at radius 3 is 2.58 bits per heavy atom. The molecule has 1 aromatic carbocycles. The monoisotopic (exact) mass is 358 g/mol. The van der Waals surface area contributed by atoms with Crippen molar-refractivity contribution in [3.63, 3.8) is 0 Å². The van der Waals surface area contributed by atoms with Gasteiger partial charge in [-0.25, -0.2) is 0 Å². The van der Waals surface area contributed by atoms with Gasteiger partial charge < -0.3 is 5.32 Å². The Balaban J connectivity index is 2.12. The maximum Gasteiger partial charge on any atom is 0.418 e. The molecular formula is C14H13F3N4O2S. The fraction of sp³-hybridized carbons (Fsp3) is 0.286. The van der Waals surface area contributed by atoms with E-state index in [2.05, 4.69) is 20.5 Å². The molecule has 0 bridgehead atoms. The van der Waals surface area contributed by atoms with E-state index in [4.69, 9.17) is 0 Å². The highest BCUT2D eigenvalue weighted by Crippen LogP contribution is 2.34. The lowest BCUT2D eigenvalue weighted by atomic mass is 10.1. The van der Waals surface area contributed by atoms with Crippen LogP contribution in [0, 0.1) is 6.92 Å². The zero-order chi connectivity index (χ0) is 17.9. The van der Waals surface area contributed by atoms with Gasteiger partial charge in [-0.1, -0.05) is 23.9 Å². The molecule has 6 nitrogen and oxygen atoms in total. The van der Waals surface area contributed by atoms with E-state index in [0.29, 0.717) is 0 Å². The topological polar surface area (TPSA) is 87.7 Å². The van der Waals surface area contributed by atoms with E-state index < -0.39 is 28.5 Å². The number of hydrogen-bond acceptors (Lipinski definition) is 5. The molecule has 0 aliphatic rings. The van der Waals surface area contributed by atoms with E-state index in [1.165, 1.54) is 32.0 Å². The number of para-hydroxylation sites is 1. The zero-order valence-corrected chi connectivity index (χ0v) is 13.5. The number of halogens is 3. The Hall–Kier alpha value is -2.36. The second-order valence-electron chi connectivity index (χ2n) is 4.84. The summed E-state index contributed by atoms with van der Waals surface area (Å²) in [6, 6.07) is 4.69. The molecule has 0 aliphatic heterocycles. The van der Waals surface area contributed by atoms with Crippen LogP contribution in [0.3, 0.4) is 0 Å². The van der Waals surface area contributed by atoms with Crippen LogP contribution in [-0.4, -0.2) is 26.3 Å². The number of aromatic amines is 1. The van der Waals surface area contributed by atoms with Gasteiger partial charge in [-0.15, -0.1) is 10.2 Å². The summed E-state index contributed by atoms with van der Waals surface area (Å²) in [6.45, 7) is 2.96. The molecule has 0 fully saturated rings. The third-order valence-electron chi connectivity index (χ3n) is 2.99. The van der Waals surface area contributed by atoms with Crippen LogP contribution in [-0.2, 0) is 11.0 Å². The Morgan fingerprint density at radius 2 is 1.96 bits per heavy atom. The first-order valence-corrected chi connectivity index (χ1v) is 7.64. The first-order valence-electron chi connectivity index (χ1n) is 6.76. The van der Waals surface area contributed by atoms with Gasteiger partial charge in [0.2, 0.25) is 5.91 Å². The Bertz CT molecular complexity index is 807. The third kappa shape index (κ3) is 4.34. The summed E-state index contributed by atoms with van der Waals surface area (Å²) in [4.78, 5) is 26.0. The SMILES string of the molecule is Cc1nnc(S[C@H](C)C(=O)Nc2ccccc2C(F)(F)F)[nH]c1=O. The van der Waals surface area contributed by atoms with Crippen LogP contribution in [0.2, 0.25) is 0 Å². The number of hydrogen-bond donors (Lipinski definition) is 2. The number of nitrogens with zero attached hydrogens (tertiary/aromatic N) is 2. The first-order chi connectivity index (χ1) is 11.2. The highest BCUT2D eigenvalue weighted by molar-refractivity contribution is 8.00. The number of H-pyrrole nitrogens is 1. The number of carbonyl (C=O) groups is 1. The molecule has 2 aromatic rings. The van der Waals surface area contributed by atoms with Crippen LogP contribution in [0.5, 0.6) is 0 Å². The minimum Gasteiger partial charge on any atom is -0.325 e. The first kappa shape index (κ1) is 18.0. The normalized spacial score (nSPS) is 12.7. The molecule has 10 heteroatoms. The molecule has 0 aliphatic carbocycles. The summed E-state index contributed by atoms with van der Waals surface area (Å²) in [7, 11) is 0. The van der Waals surface area contributed by atoms with E-state index >= 15 is 0 Å². The number of benzene rings is 1. The van der Waals surface area contributed by atoms with Crippen molar-refractivity contribution in [3.05, 3.63) is 45.9 Å². The molecule has 0 unspecified atom stereocenters. The Labute approximate surface area is 138 Å². The lowest BCUT2D eigenvalue weighted by Gasteiger charge is -2.15. The summed E-state index contributed by atoms with van der Waals surface area (Å²) in [5, 5.41) is 8.91. The number of aromatic nitrogens is 3. The number of aryl methyl sites for hydroxylation is 1. The average Bonchev–Trinajstić information content (AvgIpc) is 2.50. The summed E-state index contributed by atoms with van der Waals surface area (Å²) in [5.74, 6) is -0.653. The zero-order valence-electron chi connectivity index (χ0n) is 12.6. The van der Waals surface area contributed by atoms with E-state index in [0.717, 1.165) is 17.8 Å². The van der Waals surface area contributed by atoms with Crippen molar-refractivity contribution in [1.82, 2.24) is 15.2 Å². The number of nitrogens with one attached hydrogen (secondary N) is 2. The van der Waals surface area contributed by atoms with Gasteiger partial charge >= 0.3 is 6.18 Å². The maximum absolute atomic E-state index is 12.9. The number of alkyl halides is 3. The number of thioether (sulfide) groups is 1. The molecule has 2 rings (SSSR count). The van der Waals surface area contributed by atoms with Gasteiger partial charge in [0.1, 0.15) is 5.69 Å². The van der Waals surface area contributed by atoms with E-state index in [9.17, 15) is 22.8 Å². The molecule has 0 saturated carbocycles. The summed E-state index contributed by atoms with van der Waals surface area (Å²) in [5.41, 5.74) is -1.52. The van der Waals surface area contributed by atoms with Crippen LogP contribution in [0.4, 0.5) is 18.9 Å². The molecule has 1 heterocycles. The number of anilines is 1. The van der Waals surface area contributed by atoms with Gasteiger partial charge in [0.05, 0.1) is 16.5 Å². The standard InChI is InChI=1S/C14H13F3N4O2S/c1-7-11(22)19-13(21-20-7)24-8(2)12(23)18-10-6-4-3-5-9(10)14(15,16)17/h3-6,8H,1-2H3,(H,18,23)(H,19,21,22)/t8-/m1/s1. The van der Waals surface area contributed by atoms with Crippen molar-refractivity contribution in [2.75, 3.05) is 5.32 Å². The predicted molar refractivity (Wildman–Crippen MR) is 82.8 cm³/mol. The third-order valence-corrected chi connectivity index (χ3v) is 3.96. The largest absolute Gasteiger partial charge is 0.418 e. The fourth-order valence-corrected chi connectivity index (χ4v) is 2.47. The second-order valence-corrected chi connectivity index (χ2v) is 6.17. The van der Waals surface area contributed by atoms with Crippen molar-refractivity contribution in [1.29, 1.82) is 0 Å². The van der Waals surface area contributed by atoms with E-state index in [1.54, 1.807) is 0 Å². The summed E-state index contributed by atoms with van der Waals surface area (Å²) < 4.78 is 38.7. The summed E-state index contributed by atoms with van der Waals surface area (Å²) in [6.07, 6.45) is -4.58. The van der Waals surface area contributed by atoms with Crippen molar-refractivity contribution >= 4 is 23.4 Å². The maximum atomic E-state index is 12.9. The molecule has 1 amide bonds. The van der Waals surface area contributed by atoms with Gasteiger partial charge in [-0.2, -0.15) is 13.2 Å². The predicted octanol–water partition coefficient (Wildman–Crippen LogP) is 2.61. The van der Waals surface area contributed by atoms with E-state index in [-0.39, 0.29) is 16.5 Å². The van der Waals surface area contributed by atoms with Gasteiger partial charge in [0, 0.05) is 0 Å². The molecule has 0 spiro atoms.